The summed E-state index contributed by atoms with van der Waals surface area (Å²) in [4.78, 5) is 4.29. The Morgan fingerprint density at radius 2 is 1.74 bits per heavy atom. The Morgan fingerprint density at radius 1 is 0.947 bits per heavy atom. The predicted molar refractivity (Wildman–Crippen MR) is 65.2 cm³/mol. The molecule has 0 aliphatic heterocycles. The van der Waals surface area contributed by atoms with Crippen LogP contribution in [0.5, 0.6) is 0 Å². The predicted octanol–water partition coefficient (Wildman–Crippen LogP) is 0.405. The molecule has 0 unspecified atom stereocenters. The highest BCUT2D eigenvalue weighted by Crippen LogP contribution is 2.17. The topological polar surface area (TPSA) is 95.4 Å². The van der Waals surface area contributed by atoms with E-state index in [4.69, 9.17) is 0 Å². The van der Waals surface area contributed by atoms with Gasteiger partial charge in [-0.05, 0) is 6.07 Å². The number of pyridine rings is 2. The first-order chi connectivity index (χ1) is 9.22. The fourth-order valence-electron chi connectivity index (χ4n) is 1.68. The van der Waals surface area contributed by atoms with Crippen molar-refractivity contribution in [2.75, 3.05) is 0 Å². The number of nitrogens with one attached hydrogen (secondary N) is 1. The minimum Gasteiger partial charge on any atom is -0.619 e. The highest BCUT2D eigenvalue weighted by atomic mass is 16.5. The molecule has 0 aromatic carbocycles. The van der Waals surface area contributed by atoms with Crippen LogP contribution >= 0.6 is 0 Å². The second kappa shape index (κ2) is 4.37. The molecule has 0 fully saturated rings. The Labute approximate surface area is 108 Å². The first-order valence-corrected chi connectivity index (χ1v) is 5.53. The third kappa shape index (κ3) is 2.21. The van der Waals surface area contributed by atoms with E-state index in [-0.39, 0.29) is 0 Å². The molecule has 7 heteroatoms. The van der Waals surface area contributed by atoms with E-state index in [1.165, 1.54) is 24.8 Å². The first kappa shape index (κ1) is 11.1. The minimum atomic E-state index is 0.430. The van der Waals surface area contributed by atoms with E-state index in [2.05, 4.69) is 15.2 Å². The quantitative estimate of drug-likeness (QED) is 0.529. The third-order valence-corrected chi connectivity index (χ3v) is 2.59. The van der Waals surface area contributed by atoms with Gasteiger partial charge in [-0.3, -0.25) is 5.10 Å². The maximum Gasteiger partial charge on any atom is 0.191 e. The molecule has 0 aliphatic rings. The third-order valence-electron chi connectivity index (χ3n) is 2.59. The molecule has 0 radical (unpaired) electrons. The van der Waals surface area contributed by atoms with Crippen LogP contribution in [0.3, 0.4) is 0 Å². The average molecular weight is 255 g/mol. The molecule has 19 heavy (non-hydrogen) atoms. The molecule has 3 rings (SSSR count). The highest BCUT2D eigenvalue weighted by Gasteiger charge is 2.10. The Morgan fingerprint density at radius 3 is 2.47 bits per heavy atom. The van der Waals surface area contributed by atoms with Gasteiger partial charge >= 0.3 is 0 Å². The van der Waals surface area contributed by atoms with Crippen LogP contribution < -0.4 is 9.46 Å². The summed E-state index contributed by atoms with van der Waals surface area (Å²) in [6.07, 6.45) is 5.54. The van der Waals surface area contributed by atoms with Gasteiger partial charge in [0.05, 0.1) is 5.56 Å². The summed E-state index contributed by atoms with van der Waals surface area (Å²) in [5, 5.41) is 29.0. The lowest BCUT2D eigenvalue weighted by atomic mass is 10.2. The van der Waals surface area contributed by atoms with Gasteiger partial charge in [-0.2, -0.15) is 14.6 Å². The van der Waals surface area contributed by atoms with E-state index < -0.39 is 0 Å². The zero-order valence-electron chi connectivity index (χ0n) is 9.72. The van der Waals surface area contributed by atoms with Crippen LogP contribution in [0.2, 0.25) is 0 Å². The molecule has 94 valence electrons. The molecule has 3 heterocycles. The molecular formula is C12H9N5O2. The molecule has 0 aliphatic carbocycles. The van der Waals surface area contributed by atoms with Crippen LogP contribution in [0, 0.1) is 10.4 Å². The largest absolute Gasteiger partial charge is 0.619 e. The van der Waals surface area contributed by atoms with Gasteiger partial charge in [0.1, 0.15) is 0 Å². The summed E-state index contributed by atoms with van der Waals surface area (Å²) in [7, 11) is 0. The number of H-pyrrole nitrogens is 1. The first-order valence-electron chi connectivity index (χ1n) is 5.53. The van der Waals surface area contributed by atoms with Crippen LogP contribution in [0.4, 0.5) is 0 Å². The molecule has 0 saturated heterocycles. The maximum atomic E-state index is 11.2. The molecule has 3 aromatic rings. The molecule has 7 nitrogen and oxygen atoms in total. The Hall–Kier alpha value is -2.96. The number of hydrogen-bond acceptors (Lipinski definition) is 4. The molecule has 0 bridgehead atoms. The van der Waals surface area contributed by atoms with E-state index in [0.29, 0.717) is 26.7 Å². The van der Waals surface area contributed by atoms with Crippen molar-refractivity contribution in [1.29, 1.82) is 0 Å². The average Bonchev–Trinajstić information content (AvgIpc) is 2.89. The van der Waals surface area contributed by atoms with Crippen molar-refractivity contribution in [2.45, 2.75) is 0 Å². The van der Waals surface area contributed by atoms with Crippen LogP contribution in [0.15, 0.2) is 49.1 Å². The summed E-state index contributed by atoms with van der Waals surface area (Å²) in [6.45, 7) is 0. The molecule has 0 spiro atoms. The molecule has 0 amide bonds. The summed E-state index contributed by atoms with van der Waals surface area (Å²) in [6, 6.07) is 6.64. The zero-order valence-corrected chi connectivity index (χ0v) is 9.72. The van der Waals surface area contributed by atoms with Gasteiger partial charge in [0.2, 0.25) is 0 Å². The SMILES string of the molecule is [O-][n+]1ccc(-c2nc(-c3ccc[n+]([O-])c3)n[nH]2)cc1. The normalized spacial score (nSPS) is 10.5. The van der Waals surface area contributed by atoms with Crippen LogP contribution in [-0.4, -0.2) is 15.2 Å². The van der Waals surface area contributed by atoms with E-state index in [1.54, 1.807) is 24.3 Å². The molecule has 0 saturated carbocycles. The lowest BCUT2D eigenvalue weighted by Gasteiger charge is -1.97. The monoisotopic (exact) mass is 255 g/mol. The van der Waals surface area contributed by atoms with E-state index in [9.17, 15) is 10.4 Å². The second-order valence-electron chi connectivity index (χ2n) is 3.91. The Kier molecular flexibility index (Phi) is 2.57. The van der Waals surface area contributed by atoms with Crippen LogP contribution in [0.25, 0.3) is 22.8 Å². The lowest BCUT2D eigenvalue weighted by Crippen LogP contribution is -2.24. The van der Waals surface area contributed by atoms with Gasteiger partial charge in [-0.25, -0.2) is 4.98 Å². The van der Waals surface area contributed by atoms with E-state index >= 15 is 0 Å². The van der Waals surface area contributed by atoms with Crippen molar-refractivity contribution in [2.24, 2.45) is 0 Å². The summed E-state index contributed by atoms with van der Waals surface area (Å²) in [5.41, 5.74) is 1.37. The van der Waals surface area contributed by atoms with Gasteiger partial charge in [0.25, 0.3) is 0 Å². The van der Waals surface area contributed by atoms with Crippen molar-refractivity contribution in [3.63, 3.8) is 0 Å². The fraction of sp³-hybridized carbons (Fsp3) is 0. The Balaban J connectivity index is 1.97. The van der Waals surface area contributed by atoms with E-state index in [0.717, 1.165) is 5.56 Å². The lowest BCUT2D eigenvalue weighted by molar-refractivity contribution is -0.605. The standard InChI is InChI=1S/C12H9N5O2/c18-16-6-3-9(4-7-16)11-13-12(15-14-11)10-2-1-5-17(19)8-10/h1-8H,(H,13,14,15). The number of aromatic nitrogens is 5. The van der Waals surface area contributed by atoms with Gasteiger partial charge in [-0.1, -0.05) is 0 Å². The van der Waals surface area contributed by atoms with Crippen molar-refractivity contribution >= 4 is 0 Å². The van der Waals surface area contributed by atoms with Gasteiger partial charge in [0.15, 0.2) is 36.4 Å². The number of rotatable bonds is 2. The summed E-state index contributed by atoms with van der Waals surface area (Å²) >= 11 is 0. The van der Waals surface area contributed by atoms with Crippen molar-refractivity contribution in [1.82, 2.24) is 15.2 Å². The highest BCUT2D eigenvalue weighted by molar-refractivity contribution is 5.59. The van der Waals surface area contributed by atoms with E-state index in [1.807, 2.05) is 0 Å². The van der Waals surface area contributed by atoms with Crippen LogP contribution in [-0.2, 0) is 0 Å². The molecule has 0 atom stereocenters. The number of hydrogen-bond donors (Lipinski definition) is 1. The Bertz CT molecular complexity index is 708. The smallest absolute Gasteiger partial charge is 0.191 e. The zero-order chi connectivity index (χ0) is 13.2. The molecule has 1 N–H and O–H groups in total. The number of nitrogens with zero attached hydrogens (tertiary/aromatic N) is 4. The van der Waals surface area contributed by atoms with Crippen LogP contribution in [0.1, 0.15) is 0 Å². The van der Waals surface area contributed by atoms with Crippen molar-refractivity contribution < 1.29 is 9.46 Å². The maximum absolute atomic E-state index is 11.2. The van der Waals surface area contributed by atoms with Gasteiger partial charge in [-0.15, -0.1) is 0 Å². The second-order valence-corrected chi connectivity index (χ2v) is 3.91. The van der Waals surface area contributed by atoms with Gasteiger partial charge in [0, 0.05) is 23.8 Å². The number of aromatic amines is 1. The van der Waals surface area contributed by atoms with Gasteiger partial charge < -0.3 is 10.4 Å². The molecular weight excluding hydrogens is 246 g/mol. The molecule has 3 aromatic heterocycles. The van der Waals surface area contributed by atoms with Crippen molar-refractivity contribution in [3.05, 3.63) is 59.5 Å². The fourth-order valence-corrected chi connectivity index (χ4v) is 1.68. The summed E-state index contributed by atoms with van der Waals surface area (Å²) in [5.74, 6) is 0.968. The van der Waals surface area contributed by atoms with Crippen molar-refractivity contribution in [3.8, 4) is 22.8 Å². The minimum absolute atomic E-state index is 0.430. The summed E-state index contributed by atoms with van der Waals surface area (Å²) < 4.78 is 1.38.